The molecule has 14 heavy (non-hydrogen) atoms. The van der Waals surface area contributed by atoms with Gasteiger partial charge in [-0.3, -0.25) is 4.90 Å². The van der Waals surface area contributed by atoms with Crippen molar-refractivity contribution in [1.82, 2.24) is 4.90 Å². The first-order chi connectivity index (χ1) is 6.71. The second-order valence-corrected chi connectivity index (χ2v) is 4.29. The number of hydrogen-bond acceptors (Lipinski definition) is 2. The topological polar surface area (TPSA) is 15.3 Å². The zero-order valence-electron chi connectivity index (χ0n) is 8.96. The quantitative estimate of drug-likeness (QED) is 0.771. The molecule has 1 unspecified atom stereocenters. The molecule has 0 bridgehead atoms. The molecule has 1 saturated heterocycles. The number of benzene rings is 1. The van der Waals surface area contributed by atoms with Gasteiger partial charge in [0.1, 0.15) is 0 Å². The van der Waals surface area contributed by atoms with E-state index in [-0.39, 0.29) is 5.66 Å². The lowest BCUT2D eigenvalue weighted by atomic mass is 10.1. The second kappa shape index (κ2) is 3.62. The molecule has 1 aliphatic heterocycles. The summed E-state index contributed by atoms with van der Waals surface area (Å²) in [7, 11) is 2.18. The van der Waals surface area contributed by atoms with Crippen molar-refractivity contribution in [2.24, 2.45) is 0 Å². The largest absolute Gasteiger partial charge is 0.367 e. The molecule has 1 N–H and O–H groups in total. The molecule has 0 radical (unpaired) electrons. The molecule has 0 spiro atoms. The molecule has 2 heteroatoms. The number of rotatable bonds is 2. The minimum atomic E-state index is 0.140. The summed E-state index contributed by atoms with van der Waals surface area (Å²) in [6.45, 7) is 3.46. The van der Waals surface area contributed by atoms with E-state index in [4.69, 9.17) is 0 Å². The monoisotopic (exact) mass is 190 g/mol. The SMILES string of the molecule is CN1CCCC1(C)Nc1ccccc1. The van der Waals surface area contributed by atoms with E-state index in [1.807, 2.05) is 6.07 Å². The summed E-state index contributed by atoms with van der Waals surface area (Å²) < 4.78 is 0. The number of anilines is 1. The first kappa shape index (κ1) is 9.53. The van der Waals surface area contributed by atoms with E-state index in [0.29, 0.717) is 0 Å². The van der Waals surface area contributed by atoms with Gasteiger partial charge < -0.3 is 5.32 Å². The Labute approximate surface area is 85.9 Å². The Balaban J connectivity index is 2.10. The van der Waals surface area contributed by atoms with Crippen LogP contribution in [0.15, 0.2) is 30.3 Å². The number of hydrogen-bond donors (Lipinski definition) is 1. The van der Waals surface area contributed by atoms with Crippen molar-refractivity contribution in [3.8, 4) is 0 Å². The molecular formula is C12H18N2. The maximum atomic E-state index is 3.59. The lowest BCUT2D eigenvalue weighted by molar-refractivity contribution is 0.228. The average molecular weight is 190 g/mol. The van der Waals surface area contributed by atoms with E-state index < -0.39 is 0 Å². The van der Waals surface area contributed by atoms with Gasteiger partial charge in [-0.25, -0.2) is 0 Å². The van der Waals surface area contributed by atoms with Crippen molar-refractivity contribution in [3.63, 3.8) is 0 Å². The molecule has 1 aliphatic rings. The summed E-state index contributed by atoms with van der Waals surface area (Å²) in [6.07, 6.45) is 2.51. The van der Waals surface area contributed by atoms with E-state index in [1.54, 1.807) is 0 Å². The molecule has 1 heterocycles. The fraction of sp³-hybridized carbons (Fsp3) is 0.500. The van der Waals surface area contributed by atoms with Crippen LogP contribution in [0.4, 0.5) is 5.69 Å². The van der Waals surface area contributed by atoms with E-state index >= 15 is 0 Å². The van der Waals surface area contributed by atoms with Gasteiger partial charge >= 0.3 is 0 Å². The van der Waals surface area contributed by atoms with Gasteiger partial charge in [-0.1, -0.05) is 18.2 Å². The Morgan fingerprint density at radius 1 is 1.29 bits per heavy atom. The van der Waals surface area contributed by atoms with Gasteiger partial charge in [0, 0.05) is 12.2 Å². The number of nitrogens with zero attached hydrogens (tertiary/aromatic N) is 1. The van der Waals surface area contributed by atoms with Gasteiger partial charge in [0.15, 0.2) is 0 Å². The van der Waals surface area contributed by atoms with Crippen molar-refractivity contribution in [2.75, 3.05) is 18.9 Å². The van der Waals surface area contributed by atoms with Crippen LogP contribution in [0.5, 0.6) is 0 Å². The van der Waals surface area contributed by atoms with Gasteiger partial charge in [0.2, 0.25) is 0 Å². The first-order valence-electron chi connectivity index (χ1n) is 5.25. The Morgan fingerprint density at radius 3 is 2.57 bits per heavy atom. The van der Waals surface area contributed by atoms with Gasteiger partial charge in [-0.15, -0.1) is 0 Å². The van der Waals surface area contributed by atoms with Gasteiger partial charge in [-0.2, -0.15) is 0 Å². The van der Waals surface area contributed by atoms with E-state index in [9.17, 15) is 0 Å². The van der Waals surface area contributed by atoms with Gasteiger partial charge in [0.25, 0.3) is 0 Å². The zero-order valence-corrected chi connectivity index (χ0v) is 8.96. The third-order valence-corrected chi connectivity index (χ3v) is 3.19. The highest BCUT2D eigenvalue weighted by atomic mass is 15.3. The van der Waals surface area contributed by atoms with E-state index in [0.717, 1.165) is 0 Å². The molecule has 1 aromatic rings. The van der Waals surface area contributed by atoms with Gasteiger partial charge in [0.05, 0.1) is 5.66 Å². The highest BCUT2D eigenvalue weighted by Gasteiger charge is 2.33. The Morgan fingerprint density at radius 2 is 2.00 bits per heavy atom. The summed E-state index contributed by atoms with van der Waals surface area (Å²) in [6, 6.07) is 10.4. The highest BCUT2D eigenvalue weighted by Crippen LogP contribution is 2.28. The molecule has 1 atom stereocenters. The molecule has 76 valence electrons. The van der Waals surface area contributed by atoms with Crippen LogP contribution in [0.3, 0.4) is 0 Å². The average Bonchev–Trinajstić information content (AvgIpc) is 2.48. The standard InChI is InChI=1S/C12H18N2/c1-12(9-6-10-14(12)2)13-11-7-4-3-5-8-11/h3-5,7-8,13H,6,9-10H2,1-2H3. The lowest BCUT2D eigenvalue weighted by Crippen LogP contribution is -2.45. The predicted octanol–water partition coefficient (Wildman–Crippen LogP) is 2.54. The van der Waals surface area contributed by atoms with Crippen LogP contribution in [-0.4, -0.2) is 24.2 Å². The van der Waals surface area contributed by atoms with Crippen molar-refractivity contribution in [2.45, 2.75) is 25.4 Å². The van der Waals surface area contributed by atoms with Crippen molar-refractivity contribution < 1.29 is 0 Å². The van der Waals surface area contributed by atoms with Gasteiger partial charge in [-0.05, 0) is 38.9 Å². The number of likely N-dealkylation sites (tertiary alicyclic amines) is 1. The molecule has 0 saturated carbocycles. The van der Waals surface area contributed by atoms with Crippen LogP contribution < -0.4 is 5.32 Å². The Hall–Kier alpha value is -1.02. The summed E-state index contributed by atoms with van der Waals surface area (Å²) in [5.74, 6) is 0. The lowest BCUT2D eigenvalue weighted by Gasteiger charge is -2.34. The van der Waals surface area contributed by atoms with Crippen molar-refractivity contribution in [1.29, 1.82) is 0 Å². The van der Waals surface area contributed by atoms with E-state index in [1.165, 1.54) is 25.1 Å². The predicted molar refractivity (Wildman–Crippen MR) is 60.3 cm³/mol. The van der Waals surface area contributed by atoms with Crippen LogP contribution in [0.1, 0.15) is 19.8 Å². The fourth-order valence-electron chi connectivity index (χ4n) is 2.09. The molecule has 0 aliphatic carbocycles. The van der Waals surface area contributed by atoms with E-state index in [2.05, 4.69) is 48.5 Å². The first-order valence-corrected chi connectivity index (χ1v) is 5.25. The summed E-state index contributed by atoms with van der Waals surface area (Å²) >= 11 is 0. The minimum absolute atomic E-state index is 0.140. The summed E-state index contributed by atoms with van der Waals surface area (Å²) in [5, 5.41) is 3.59. The maximum Gasteiger partial charge on any atom is 0.0875 e. The third kappa shape index (κ3) is 1.75. The van der Waals surface area contributed by atoms with Crippen LogP contribution in [0.2, 0.25) is 0 Å². The maximum absolute atomic E-state index is 3.59. The molecule has 2 rings (SSSR count). The highest BCUT2D eigenvalue weighted by molar-refractivity contribution is 5.44. The van der Waals surface area contributed by atoms with Crippen molar-refractivity contribution >= 4 is 5.69 Å². The molecular weight excluding hydrogens is 172 g/mol. The van der Waals surface area contributed by atoms with Crippen molar-refractivity contribution in [3.05, 3.63) is 30.3 Å². The normalized spacial score (nSPS) is 27.9. The zero-order chi connectivity index (χ0) is 10.0. The minimum Gasteiger partial charge on any atom is -0.367 e. The smallest absolute Gasteiger partial charge is 0.0875 e. The van der Waals surface area contributed by atoms with Crippen LogP contribution >= 0.6 is 0 Å². The van der Waals surface area contributed by atoms with Crippen LogP contribution in [0, 0.1) is 0 Å². The molecule has 0 aromatic heterocycles. The Bertz CT molecular complexity index is 296. The fourth-order valence-corrected chi connectivity index (χ4v) is 2.09. The summed E-state index contributed by atoms with van der Waals surface area (Å²) in [4.78, 5) is 2.39. The number of para-hydroxylation sites is 1. The van der Waals surface area contributed by atoms with Crippen LogP contribution in [0.25, 0.3) is 0 Å². The third-order valence-electron chi connectivity index (χ3n) is 3.19. The van der Waals surface area contributed by atoms with Crippen LogP contribution in [-0.2, 0) is 0 Å². The number of nitrogens with one attached hydrogen (secondary N) is 1. The second-order valence-electron chi connectivity index (χ2n) is 4.29. The molecule has 2 nitrogen and oxygen atoms in total. The molecule has 1 fully saturated rings. The summed E-state index contributed by atoms with van der Waals surface area (Å²) in [5.41, 5.74) is 1.35. The molecule has 0 amide bonds. The molecule has 1 aromatic carbocycles. The Kier molecular flexibility index (Phi) is 2.46.